The van der Waals surface area contributed by atoms with Crippen molar-refractivity contribution in [2.24, 2.45) is 16.8 Å². The molecule has 0 aliphatic heterocycles. The minimum absolute atomic E-state index is 0.164. The Hall–Kier alpha value is -1.55. The van der Waals surface area contributed by atoms with Gasteiger partial charge in [-0.3, -0.25) is 0 Å². The van der Waals surface area contributed by atoms with Crippen molar-refractivity contribution in [1.29, 1.82) is 0 Å². The maximum absolute atomic E-state index is 8.73. The number of nitrogens with two attached hydrogens (primary N) is 1. The van der Waals surface area contributed by atoms with Gasteiger partial charge in [0, 0.05) is 18.2 Å². The van der Waals surface area contributed by atoms with Gasteiger partial charge in [-0.25, -0.2) is 0 Å². The second-order valence-electron chi connectivity index (χ2n) is 6.07. The number of nitrogens with zero attached hydrogens (tertiary/aromatic N) is 1. The first-order valence-electron chi connectivity index (χ1n) is 8.03. The van der Waals surface area contributed by atoms with Gasteiger partial charge in [0.05, 0.1) is 0 Å². The quantitative estimate of drug-likeness (QED) is 0.326. The van der Waals surface area contributed by atoms with E-state index in [1.165, 1.54) is 44.1 Å². The Kier molecular flexibility index (Phi) is 6.05. The Morgan fingerprint density at radius 1 is 1.33 bits per heavy atom. The van der Waals surface area contributed by atoms with Gasteiger partial charge in [-0.2, -0.15) is 0 Å². The van der Waals surface area contributed by atoms with Crippen molar-refractivity contribution in [2.75, 3.05) is 0 Å². The van der Waals surface area contributed by atoms with Crippen molar-refractivity contribution in [3.8, 4) is 0 Å². The molecular weight excluding hydrogens is 262 g/mol. The molecule has 4 N–H and O–H groups in total. The van der Waals surface area contributed by atoms with E-state index in [0.717, 1.165) is 18.0 Å². The molecule has 0 amide bonds. The zero-order valence-electron chi connectivity index (χ0n) is 12.9. The van der Waals surface area contributed by atoms with Crippen LogP contribution in [0.25, 0.3) is 0 Å². The molecule has 21 heavy (non-hydrogen) atoms. The SMILES string of the molecule is CCCC1CCC(NCc2cccc(C(N)=NO)c2)CC1. The number of nitrogens with one attached hydrogen (secondary N) is 1. The summed E-state index contributed by atoms with van der Waals surface area (Å²) in [5, 5.41) is 15.4. The van der Waals surface area contributed by atoms with E-state index in [4.69, 9.17) is 10.9 Å². The van der Waals surface area contributed by atoms with Crippen LogP contribution in [0.15, 0.2) is 29.4 Å². The average molecular weight is 289 g/mol. The minimum atomic E-state index is 0.164. The Labute approximate surface area is 127 Å². The number of hydrogen-bond donors (Lipinski definition) is 3. The maximum Gasteiger partial charge on any atom is 0.170 e. The molecule has 1 saturated carbocycles. The third kappa shape index (κ3) is 4.74. The summed E-state index contributed by atoms with van der Waals surface area (Å²) < 4.78 is 0. The third-order valence-electron chi connectivity index (χ3n) is 4.47. The van der Waals surface area contributed by atoms with Crippen molar-refractivity contribution in [2.45, 2.75) is 58.0 Å². The Bertz CT molecular complexity index is 465. The van der Waals surface area contributed by atoms with E-state index in [1.807, 2.05) is 18.2 Å². The van der Waals surface area contributed by atoms with Gasteiger partial charge >= 0.3 is 0 Å². The normalized spacial score (nSPS) is 23.2. The van der Waals surface area contributed by atoms with Gasteiger partial charge in [0.1, 0.15) is 0 Å². The van der Waals surface area contributed by atoms with Crippen LogP contribution < -0.4 is 11.1 Å². The molecule has 1 fully saturated rings. The molecule has 4 heteroatoms. The molecule has 0 unspecified atom stereocenters. The van der Waals surface area contributed by atoms with Crippen LogP contribution in [0.3, 0.4) is 0 Å². The van der Waals surface area contributed by atoms with Crippen LogP contribution in [0, 0.1) is 5.92 Å². The number of benzene rings is 1. The first-order chi connectivity index (χ1) is 10.2. The number of oxime groups is 1. The third-order valence-corrected chi connectivity index (χ3v) is 4.47. The fourth-order valence-corrected chi connectivity index (χ4v) is 3.22. The second kappa shape index (κ2) is 8.03. The summed E-state index contributed by atoms with van der Waals surface area (Å²) >= 11 is 0. The van der Waals surface area contributed by atoms with Crippen LogP contribution in [0.4, 0.5) is 0 Å². The summed E-state index contributed by atoms with van der Waals surface area (Å²) in [7, 11) is 0. The van der Waals surface area contributed by atoms with E-state index in [9.17, 15) is 0 Å². The first kappa shape index (κ1) is 15.8. The van der Waals surface area contributed by atoms with Gasteiger partial charge in [0.25, 0.3) is 0 Å². The van der Waals surface area contributed by atoms with Crippen LogP contribution in [0.5, 0.6) is 0 Å². The summed E-state index contributed by atoms with van der Waals surface area (Å²) in [5.74, 6) is 1.11. The van der Waals surface area contributed by atoms with Crippen LogP contribution in [0.1, 0.15) is 56.6 Å². The average Bonchev–Trinajstić information content (AvgIpc) is 2.54. The lowest BCUT2D eigenvalue weighted by Crippen LogP contribution is -2.32. The van der Waals surface area contributed by atoms with Crippen molar-refractivity contribution in [3.63, 3.8) is 0 Å². The first-order valence-corrected chi connectivity index (χ1v) is 8.03. The molecular formula is C17H27N3O. The van der Waals surface area contributed by atoms with Gasteiger partial charge in [-0.05, 0) is 43.2 Å². The molecule has 0 radical (unpaired) electrons. The molecule has 1 aromatic carbocycles. The lowest BCUT2D eigenvalue weighted by atomic mass is 9.83. The Morgan fingerprint density at radius 2 is 2.10 bits per heavy atom. The Balaban J connectivity index is 1.81. The largest absolute Gasteiger partial charge is 0.409 e. The van der Waals surface area contributed by atoms with E-state index in [-0.39, 0.29) is 5.84 Å². The second-order valence-corrected chi connectivity index (χ2v) is 6.07. The molecule has 1 aromatic rings. The predicted molar refractivity (Wildman–Crippen MR) is 86.4 cm³/mol. The highest BCUT2D eigenvalue weighted by molar-refractivity contribution is 5.97. The van der Waals surface area contributed by atoms with Crippen LogP contribution in [0.2, 0.25) is 0 Å². The molecule has 116 valence electrons. The van der Waals surface area contributed by atoms with Gasteiger partial charge in [-0.1, -0.05) is 43.1 Å². The summed E-state index contributed by atoms with van der Waals surface area (Å²) in [6.07, 6.45) is 7.97. The van der Waals surface area contributed by atoms with Crippen LogP contribution in [-0.2, 0) is 6.54 Å². The summed E-state index contributed by atoms with van der Waals surface area (Å²) in [6, 6.07) is 8.48. The molecule has 1 aliphatic carbocycles. The van der Waals surface area contributed by atoms with Gasteiger partial charge < -0.3 is 16.3 Å². The topological polar surface area (TPSA) is 70.6 Å². The molecule has 2 rings (SSSR count). The van der Waals surface area contributed by atoms with Crippen molar-refractivity contribution in [1.82, 2.24) is 5.32 Å². The minimum Gasteiger partial charge on any atom is -0.409 e. The van der Waals surface area contributed by atoms with E-state index < -0.39 is 0 Å². The molecule has 0 bridgehead atoms. The van der Waals surface area contributed by atoms with Gasteiger partial charge in [-0.15, -0.1) is 0 Å². The van der Waals surface area contributed by atoms with Gasteiger partial charge in [0.2, 0.25) is 0 Å². The number of hydrogen-bond acceptors (Lipinski definition) is 3. The summed E-state index contributed by atoms with van der Waals surface area (Å²) in [4.78, 5) is 0. The summed E-state index contributed by atoms with van der Waals surface area (Å²) in [6.45, 7) is 3.12. The molecule has 4 nitrogen and oxygen atoms in total. The molecule has 0 saturated heterocycles. The van der Waals surface area contributed by atoms with Crippen LogP contribution in [-0.4, -0.2) is 17.1 Å². The lowest BCUT2D eigenvalue weighted by molar-refractivity contribution is 0.277. The smallest absolute Gasteiger partial charge is 0.170 e. The van der Waals surface area contributed by atoms with Gasteiger partial charge in [0.15, 0.2) is 5.84 Å². The summed E-state index contributed by atoms with van der Waals surface area (Å²) in [5.41, 5.74) is 7.57. The highest BCUT2D eigenvalue weighted by Gasteiger charge is 2.19. The molecule has 0 aromatic heterocycles. The fourth-order valence-electron chi connectivity index (χ4n) is 3.22. The van der Waals surface area contributed by atoms with E-state index in [1.54, 1.807) is 0 Å². The lowest BCUT2D eigenvalue weighted by Gasteiger charge is -2.29. The molecule has 0 heterocycles. The number of amidine groups is 1. The standard InChI is InChI=1S/C17H27N3O/c1-2-4-13-7-9-16(10-8-13)19-12-14-5-3-6-15(11-14)17(18)20-21/h3,5-6,11,13,16,19,21H,2,4,7-10,12H2,1H3,(H2,18,20). The van der Waals surface area contributed by atoms with Crippen LogP contribution >= 0.6 is 0 Å². The molecule has 0 spiro atoms. The highest BCUT2D eigenvalue weighted by Crippen LogP contribution is 2.27. The maximum atomic E-state index is 8.73. The van der Waals surface area contributed by atoms with E-state index >= 15 is 0 Å². The zero-order chi connectivity index (χ0) is 15.1. The monoisotopic (exact) mass is 289 g/mol. The predicted octanol–water partition coefficient (Wildman–Crippen LogP) is 3.23. The van der Waals surface area contributed by atoms with Crippen molar-refractivity contribution >= 4 is 5.84 Å². The van der Waals surface area contributed by atoms with E-state index in [2.05, 4.69) is 23.5 Å². The highest BCUT2D eigenvalue weighted by atomic mass is 16.4. The zero-order valence-corrected chi connectivity index (χ0v) is 12.9. The Morgan fingerprint density at radius 3 is 2.76 bits per heavy atom. The molecule has 0 atom stereocenters. The van der Waals surface area contributed by atoms with E-state index in [0.29, 0.717) is 6.04 Å². The van der Waals surface area contributed by atoms with Crippen molar-refractivity contribution < 1.29 is 5.21 Å². The fraction of sp³-hybridized carbons (Fsp3) is 0.588. The molecule has 1 aliphatic rings. The van der Waals surface area contributed by atoms with Crippen molar-refractivity contribution in [3.05, 3.63) is 35.4 Å². The number of rotatable bonds is 6.